The van der Waals surface area contributed by atoms with Gasteiger partial charge >= 0.3 is 0 Å². The van der Waals surface area contributed by atoms with Gasteiger partial charge in [0, 0.05) is 8.80 Å². The van der Waals surface area contributed by atoms with Crippen LogP contribution in [0.3, 0.4) is 0 Å². The Kier molecular flexibility index (Phi) is 7.99. The second-order valence-electron chi connectivity index (χ2n) is 4.21. The molecule has 0 fully saturated rings. The molecule has 0 saturated heterocycles. The smallest absolute Gasteiger partial charge is 0.0337 e. The molecule has 0 aromatic rings. The van der Waals surface area contributed by atoms with Crippen LogP contribution in [0, 0.1) is 6.92 Å². The van der Waals surface area contributed by atoms with Crippen LogP contribution in [0.2, 0.25) is 18.6 Å². The summed E-state index contributed by atoms with van der Waals surface area (Å²) >= 11 is 0. The van der Waals surface area contributed by atoms with Crippen molar-refractivity contribution in [2.24, 2.45) is 0 Å². The first-order valence-electron chi connectivity index (χ1n) is 5.51. The summed E-state index contributed by atoms with van der Waals surface area (Å²) in [7, 11) is -0.435. The van der Waals surface area contributed by atoms with Gasteiger partial charge in [0.1, 0.15) is 0 Å². The Hall–Kier alpha value is 0.217. The third-order valence-corrected chi connectivity index (χ3v) is 4.84. The molecule has 0 aromatic heterocycles. The summed E-state index contributed by atoms with van der Waals surface area (Å²) in [6.07, 6.45) is 8.43. The molecule has 0 spiro atoms. The molecule has 0 amide bonds. The Morgan fingerprint density at radius 3 is 2.17 bits per heavy atom. The van der Waals surface area contributed by atoms with Crippen LogP contribution in [0.1, 0.15) is 45.4 Å². The van der Waals surface area contributed by atoms with Gasteiger partial charge in [-0.3, -0.25) is 0 Å². The fourth-order valence-electron chi connectivity index (χ4n) is 1.34. The van der Waals surface area contributed by atoms with Crippen molar-refractivity contribution < 1.29 is 0 Å². The van der Waals surface area contributed by atoms with Crippen LogP contribution in [-0.2, 0) is 0 Å². The summed E-state index contributed by atoms with van der Waals surface area (Å²) in [5, 5.41) is 0. The Bertz CT molecular complexity index is 89.0. The van der Waals surface area contributed by atoms with Crippen molar-refractivity contribution in [3.63, 3.8) is 0 Å². The van der Waals surface area contributed by atoms with E-state index in [0.717, 1.165) is 5.54 Å². The third-order valence-electron chi connectivity index (χ3n) is 2.62. The lowest BCUT2D eigenvalue weighted by Crippen LogP contribution is -2.08. The zero-order valence-corrected chi connectivity index (χ0v) is 10.3. The predicted molar refractivity (Wildman–Crippen MR) is 61.4 cm³/mol. The molecule has 0 saturated carbocycles. The van der Waals surface area contributed by atoms with Gasteiger partial charge in [0.2, 0.25) is 0 Å². The molecule has 0 heterocycles. The maximum absolute atomic E-state index is 4.22. The quantitative estimate of drug-likeness (QED) is 0.415. The molecule has 73 valence electrons. The molecular weight excluding hydrogens is 160 g/mol. The first kappa shape index (κ1) is 12.2. The van der Waals surface area contributed by atoms with E-state index in [9.17, 15) is 0 Å². The summed E-state index contributed by atoms with van der Waals surface area (Å²) in [4.78, 5) is 0. The standard InChI is InChI=1S/C11H25Si/c1-5-6-7-8-9-10-11(2)12(3)4/h11-12H,2,5-10H2,1,3-4H3. The van der Waals surface area contributed by atoms with Crippen LogP contribution in [0.4, 0.5) is 0 Å². The third kappa shape index (κ3) is 6.90. The van der Waals surface area contributed by atoms with Crippen LogP contribution < -0.4 is 0 Å². The fourth-order valence-corrected chi connectivity index (χ4v) is 2.25. The van der Waals surface area contributed by atoms with Crippen LogP contribution in [-0.4, -0.2) is 8.80 Å². The van der Waals surface area contributed by atoms with Gasteiger partial charge in [-0.25, -0.2) is 0 Å². The second kappa shape index (κ2) is 7.84. The highest BCUT2D eigenvalue weighted by molar-refractivity contribution is 6.57. The van der Waals surface area contributed by atoms with Crippen LogP contribution in [0.15, 0.2) is 0 Å². The maximum Gasteiger partial charge on any atom is 0.0337 e. The highest BCUT2D eigenvalue weighted by Crippen LogP contribution is 2.18. The van der Waals surface area contributed by atoms with E-state index in [1.165, 1.54) is 38.5 Å². The summed E-state index contributed by atoms with van der Waals surface area (Å²) in [6.45, 7) is 11.3. The highest BCUT2D eigenvalue weighted by Gasteiger charge is 2.06. The predicted octanol–water partition coefficient (Wildman–Crippen LogP) is 4.04. The van der Waals surface area contributed by atoms with E-state index < -0.39 is 8.80 Å². The molecule has 0 rings (SSSR count). The molecule has 12 heavy (non-hydrogen) atoms. The fraction of sp³-hybridized carbons (Fsp3) is 0.909. The highest BCUT2D eigenvalue weighted by atomic mass is 28.3. The molecule has 0 nitrogen and oxygen atoms in total. The zero-order chi connectivity index (χ0) is 9.40. The summed E-state index contributed by atoms with van der Waals surface area (Å²) < 4.78 is 0. The lowest BCUT2D eigenvalue weighted by molar-refractivity contribution is 0.608. The van der Waals surface area contributed by atoms with Gasteiger partial charge in [-0.1, -0.05) is 65.5 Å². The number of unbranched alkanes of at least 4 members (excludes halogenated alkanes) is 4. The SMILES string of the molecule is [CH2]C(CCCCCCC)[SiH](C)C. The Morgan fingerprint density at radius 2 is 1.67 bits per heavy atom. The maximum atomic E-state index is 4.22. The van der Waals surface area contributed by atoms with Crippen molar-refractivity contribution in [1.82, 2.24) is 0 Å². The average Bonchev–Trinajstić information content (AvgIpc) is 2.03. The lowest BCUT2D eigenvalue weighted by atomic mass is 10.1. The van der Waals surface area contributed by atoms with Crippen molar-refractivity contribution in [2.75, 3.05) is 0 Å². The molecule has 0 bridgehead atoms. The summed E-state index contributed by atoms with van der Waals surface area (Å²) in [5.41, 5.74) is 0.812. The first-order valence-corrected chi connectivity index (χ1v) is 8.49. The van der Waals surface area contributed by atoms with E-state index in [2.05, 4.69) is 26.9 Å². The molecule has 1 radical (unpaired) electrons. The summed E-state index contributed by atoms with van der Waals surface area (Å²) in [6, 6.07) is 0. The molecule has 0 aliphatic heterocycles. The zero-order valence-electron chi connectivity index (χ0n) is 9.10. The Morgan fingerprint density at radius 1 is 1.08 bits per heavy atom. The van der Waals surface area contributed by atoms with Crippen molar-refractivity contribution in [2.45, 2.75) is 64.1 Å². The largest absolute Gasteiger partial charge is 0.0720 e. The Balaban J connectivity index is 3.08. The minimum Gasteiger partial charge on any atom is -0.0720 e. The number of hydrogen-bond acceptors (Lipinski definition) is 0. The van der Waals surface area contributed by atoms with Crippen molar-refractivity contribution >= 4 is 8.80 Å². The van der Waals surface area contributed by atoms with Crippen LogP contribution in [0.5, 0.6) is 0 Å². The van der Waals surface area contributed by atoms with E-state index in [1.807, 2.05) is 0 Å². The average molecular weight is 185 g/mol. The topological polar surface area (TPSA) is 0 Å². The van der Waals surface area contributed by atoms with Crippen LogP contribution in [0.25, 0.3) is 0 Å². The van der Waals surface area contributed by atoms with Crippen LogP contribution >= 0.6 is 0 Å². The van der Waals surface area contributed by atoms with E-state index in [4.69, 9.17) is 0 Å². The minimum absolute atomic E-state index is 0.435. The van der Waals surface area contributed by atoms with Gasteiger partial charge in [0.15, 0.2) is 0 Å². The number of rotatable bonds is 7. The van der Waals surface area contributed by atoms with Crippen molar-refractivity contribution in [1.29, 1.82) is 0 Å². The minimum atomic E-state index is -0.435. The summed E-state index contributed by atoms with van der Waals surface area (Å²) in [5.74, 6) is 0. The van der Waals surface area contributed by atoms with Crippen molar-refractivity contribution in [3.8, 4) is 0 Å². The van der Waals surface area contributed by atoms with Gasteiger partial charge < -0.3 is 0 Å². The van der Waals surface area contributed by atoms with E-state index >= 15 is 0 Å². The van der Waals surface area contributed by atoms with E-state index in [0.29, 0.717) is 0 Å². The molecule has 1 unspecified atom stereocenters. The molecular formula is C11H25Si. The van der Waals surface area contributed by atoms with Gasteiger partial charge in [-0.2, -0.15) is 0 Å². The van der Waals surface area contributed by atoms with E-state index in [-0.39, 0.29) is 0 Å². The van der Waals surface area contributed by atoms with Crippen molar-refractivity contribution in [3.05, 3.63) is 6.92 Å². The number of hydrogen-bond donors (Lipinski definition) is 0. The van der Waals surface area contributed by atoms with E-state index in [1.54, 1.807) is 0 Å². The van der Waals surface area contributed by atoms with Gasteiger partial charge in [0.25, 0.3) is 0 Å². The molecule has 0 aliphatic rings. The Labute approximate surface area is 80.4 Å². The monoisotopic (exact) mass is 185 g/mol. The molecule has 1 heteroatoms. The molecule has 0 N–H and O–H groups in total. The normalized spacial score (nSPS) is 13.8. The first-order chi connectivity index (χ1) is 5.68. The van der Waals surface area contributed by atoms with Gasteiger partial charge in [0.05, 0.1) is 0 Å². The lowest BCUT2D eigenvalue weighted by Gasteiger charge is -2.13. The molecule has 0 aliphatic carbocycles. The van der Waals surface area contributed by atoms with Gasteiger partial charge in [-0.15, -0.1) is 0 Å². The van der Waals surface area contributed by atoms with Gasteiger partial charge in [-0.05, 0) is 5.54 Å². The molecule has 0 aromatic carbocycles. The second-order valence-corrected chi connectivity index (χ2v) is 7.64. The molecule has 1 atom stereocenters.